The third kappa shape index (κ3) is 3.77. The Hall–Kier alpha value is -2.53. The minimum atomic E-state index is -0.865. The van der Waals surface area contributed by atoms with Gasteiger partial charge in [-0.05, 0) is 34.6 Å². The molecule has 0 aliphatic carbocycles. The molecule has 0 saturated carbocycles. The van der Waals surface area contributed by atoms with Gasteiger partial charge in [0, 0.05) is 27.8 Å². The van der Waals surface area contributed by atoms with Gasteiger partial charge in [0.15, 0.2) is 0 Å². The molecule has 0 bridgehead atoms. The lowest BCUT2D eigenvalue weighted by molar-refractivity contribution is -0.151. The lowest BCUT2D eigenvalue weighted by atomic mass is 10.1. The number of carbonyl (C=O) groups excluding carboxylic acids is 2. The first kappa shape index (κ1) is 21.3. The molecule has 2 aromatic rings. The van der Waals surface area contributed by atoms with E-state index in [0.717, 1.165) is 26.8 Å². The zero-order chi connectivity index (χ0) is 22.2. The highest BCUT2D eigenvalue weighted by atomic mass is 32.2. The number of amides is 1. The molecule has 1 saturated heterocycles. The summed E-state index contributed by atoms with van der Waals surface area (Å²) in [6.07, 6.45) is 3.82. The molecule has 7 nitrogen and oxygen atoms in total. The van der Waals surface area contributed by atoms with Crippen molar-refractivity contribution in [2.24, 2.45) is 5.73 Å². The van der Waals surface area contributed by atoms with Gasteiger partial charge in [-0.2, -0.15) is 10.9 Å². The molecule has 1 aromatic heterocycles. The van der Waals surface area contributed by atoms with Crippen molar-refractivity contribution >= 4 is 51.4 Å². The number of fused-ring (bicyclic) bond motifs is 1. The molecule has 32 heavy (non-hydrogen) atoms. The minimum Gasteiger partial charge on any atom is -0.497 e. The van der Waals surface area contributed by atoms with E-state index in [1.54, 1.807) is 36.4 Å². The molecule has 3 aliphatic heterocycles. The van der Waals surface area contributed by atoms with Crippen molar-refractivity contribution in [2.45, 2.75) is 18.0 Å². The van der Waals surface area contributed by atoms with Crippen molar-refractivity contribution in [3.63, 3.8) is 0 Å². The molecule has 1 amide bonds. The summed E-state index contributed by atoms with van der Waals surface area (Å²) >= 11 is 3.17. The highest BCUT2D eigenvalue weighted by Gasteiger charge is 2.52. The molecule has 3 atom stereocenters. The Morgan fingerprint density at radius 1 is 1.34 bits per heavy atom. The van der Waals surface area contributed by atoms with Crippen LogP contribution in [0.15, 0.2) is 63.3 Å². The first-order valence-electron chi connectivity index (χ1n) is 9.88. The van der Waals surface area contributed by atoms with Crippen molar-refractivity contribution < 1.29 is 19.1 Å². The van der Waals surface area contributed by atoms with Gasteiger partial charge in [0.05, 0.1) is 7.11 Å². The Morgan fingerprint density at radius 2 is 2.16 bits per heavy atom. The Kier molecular flexibility index (Phi) is 5.85. The molecule has 3 aliphatic rings. The Morgan fingerprint density at radius 3 is 2.88 bits per heavy atom. The van der Waals surface area contributed by atoms with Gasteiger partial charge >= 0.3 is 5.97 Å². The van der Waals surface area contributed by atoms with Crippen molar-refractivity contribution in [1.82, 2.24) is 9.88 Å². The number of allylic oxidation sites excluding steroid dienone is 2. The van der Waals surface area contributed by atoms with E-state index < -0.39 is 22.9 Å². The molecule has 0 spiro atoms. The van der Waals surface area contributed by atoms with Gasteiger partial charge in [-0.3, -0.25) is 9.69 Å². The van der Waals surface area contributed by atoms with Crippen molar-refractivity contribution in [3.8, 4) is 5.75 Å². The fourth-order valence-electron chi connectivity index (χ4n) is 3.68. The molecular weight excluding hydrogens is 466 g/mol. The predicted octanol–water partition coefficient (Wildman–Crippen LogP) is 3.22. The number of hydrogen-bond donors (Lipinski definition) is 2. The third-order valence-corrected chi connectivity index (χ3v) is 9.75. The summed E-state index contributed by atoms with van der Waals surface area (Å²) in [5.74, 6) is 0.634. The van der Waals surface area contributed by atoms with Crippen LogP contribution in [0.1, 0.15) is 10.6 Å². The van der Waals surface area contributed by atoms with Crippen LogP contribution < -0.4 is 10.5 Å². The number of hydrogen-bond acceptors (Lipinski definition) is 8. The van der Waals surface area contributed by atoms with Crippen LogP contribution in [0, 0.1) is 0 Å². The van der Waals surface area contributed by atoms with Crippen LogP contribution in [-0.4, -0.2) is 46.0 Å². The molecule has 1 aromatic carbocycles. The number of nitrogens with two attached hydrogens (primary N) is 1. The van der Waals surface area contributed by atoms with E-state index in [1.165, 1.54) is 4.90 Å². The van der Waals surface area contributed by atoms with Gasteiger partial charge < -0.3 is 15.2 Å². The number of carbonyl (C=O) groups is 2. The number of rotatable bonds is 6. The quantitative estimate of drug-likeness (QED) is 0.367. The second-order valence-electron chi connectivity index (χ2n) is 7.30. The second-order valence-corrected chi connectivity index (χ2v) is 11.2. The highest BCUT2D eigenvalue weighted by molar-refractivity contribution is 8.26. The number of ether oxygens (including phenoxy) is 2. The molecule has 2 unspecified atom stereocenters. The van der Waals surface area contributed by atoms with Crippen LogP contribution in [0.4, 0.5) is 0 Å². The fourth-order valence-corrected chi connectivity index (χ4v) is 8.07. The van der Waals surface area contributed by atoms with E-state index in [9.17, 15) is 9.59 Å². The van der Waals surface area contributed by atoms with Gasteiger partial charge in [-0.15, -0.1) is 23.1 Å². The highest BCUT2D eigenvalue weighted by Crippen LogP contribution is 2.53. The minimum absolute atomic E-state index is 0.111. The lowest BCUT2D eigenvalue weighted by Crippen LogP contribution is -2.68. The molecule has 5 rings (SSSR count). The van der Waals surface area contributed by atoms with Gasteiger partial charge in [0.1, 0.15) is 34.5 Å². The van der Waals surface area contributed by atoms with E-state index in [4.69, 9.17) is 15.2 Å². The van der Waals surface area contributed by atoms with Crippen LogP contribution in [-0.2, 0) is 20.9 Å². The monoisotopic (exact) mass is 487 g/mol. The number of thioether (sulfide) groups is 1. The van der Waals surface area contributed by atoms with E-state index >= 15 is 0 Å². The number of thiazole rings is 1. The number of β-lactam (4-membered cyclic amide) rings is 1. The normalized spacial score (nSPS) is 25.3. The number of benzene rings is 1. The number of aromatic nitrogens is 1. The zero-order valence-corrected chi connectivity index (χ0v) is 19.7. The fraction of sp³-hybridized carbons (Fsp3) is 0.227. The van der Waals surface area contributed by atoms with E-state index in [1.807, 2.05) is 35.7 Å². The molecular formula is C22H21N3O4S3. The standard InChI is InChI=1S/C22H21N3O4S3/c1-28-15-4-2-13(3-5-15)10-29-22(27)18-16(11-31-21-17(23)20(26)25(18)21)32-9-6-14(12-32)19-24-7-8-30-19/h2-9,12,17,21,32H,10-11,23H2,1H3/t17-,21?/m1/s1. The largest absolute Gasteiger partial charge is 0.497 e. The average Bonchev–Trinajstić information content (AvgIpc) is 3.53. The summed E-state index contributed by atoms with van der Waals surface area (Å²) in [7, 11) is 0.735. The van der Waals surface area contributed by atoms with Crippen LogP contribution in [0.2, 0.25) is 0 Å². The molecule has 10 heteroatoms. The Labute approximate surface area is 196 Å². The Bertz CT molecular complexity index is 1140. The summed E-state index contributed by atoms with van der Waals surface area (Å²) in [5, 5.41) is 6.90. The first-order valence-corrected chi connectivity index (χ1v) is 13.3. The van der Waals surface area contributed by atoms with Crippen molar-refractivity contribution in [3.05, 3.63) is 73.9 Å². The zero-order valence-electron chi connectivity index (χ0n) is 17.1. The SMILES string of the molecule is COc1ccc(COC(=O)C2=C([SH]3C=CC(c4nccs4)=C3)CSC3[C@H](N)C(=O)N23)cc1. The van der Waals surface area contributed by atoms with E-state index in [-0.39, 0.29) is 17.9 Å². The summed E-state index contributed by atoms with van der Waals surface area (Å²) in [5.41, 5.74) is 8.22. The molecule has 2 N–H and O–H groups in total. The van der Waals surface area contributed by atoms with Crippen molar-refractivity contribution in [2.75, 3.05) is 12.9 Å². The summed E-state index contributed by atoms with van der Waals surface area (Å²) in [6.45, 7) is 0.111. The summed E-state index contributed by atoms with van der Waals surface area (Å²) < 4.78 is 10.8. The summed E-state index contributed by atoms with van der Waals surface area (Å²) in [4.78, 5) is 32.6. The van der Waals surface area contributed by atoms with Gasteiger partial charge in [0.25, 0.3) is 0 Å². The van der Waals surface area contributed by atoms with Gasteiger partial charge in [-0.25, -0.2) is 9.78 Å². The van der Waals surface area contributed by atoms with Crippen LogP contribution in [0.5, 0.6) is 5.75 Å². The lowest BCUT2D eigenvalue weighted by Gasteiger charge is -2.48. The maximum atomic E-state index is 13.2. The first-order chi connectivity index (χ1) is 15.6. The number of esters is 1. The van der Waals surface area contributed by atoms with Crippen LogP contribution in [0.25, 0.3) is 5.57 Å². The van der Waals surface area contributed by atoms with E-state index in [2.05, 4.69) is 15.8 Å². The van der Waals surface area contributed by atoms with Gasteiger partial charge in [0.2, 0.25) is 5.91 Å². The van der Waals surface area contributed by atoms with Gasteiger partial charge in [-0.1, -0.05) is 12.1 Å². The number of thiol groups is 1. The second kappa shape index (κ2) is 8.78. The Balaban J connectivity index is 1.42. The topological polar surface area (TPSA) is 94.7 Å². The average molecular weight is 488 g/mol. The predicted molar refractivity (Wildman–Crippen MR) is 129 cm³/mol. The summed E-state index contributed by atoms with van der Waals surface area (Å²) in [6, 6.07) is 6.74. The number of nitrogens with zero attached hydrogens (tertiary/aromatic N) is 2. The van der Waals surface area contributed by atoms with Crippen LogP contribution >= 0.6 is 34.0 Å². The molecule has 1 fully saturated rings. The maximum Gasteiger partial charge on any atom is 0.356 e. The molecule has 4 heterocycles. The third-order valence-electron chi connectivity index (χ3n) is 5.40. The maximum absolute atomic E-state index is 13.2. The molecule has 166 valence electrons. The number of methoxy groups -OCH3 is 1. The smallest absolute Gasteiger partial charge is 0.356 e. The van der Waals surface area contributed by atoms with E-state index in [0.29, 0.717) is 11.4 Å². The van der Waals surface area contributed by atoms with Crippen LogP contribution in [0.3, 0.4) is 0 Å². The molecule has 0 radical (unpaired) electrons. The van der Waals surface area contributed by atoms with Crippen molar-refractivity contribution in [1.29, 1.82) is 0 Å².